The molecule has 0 saturated heterocycles. The van der Waals surface area contributed by atoms with E-state index in [2.05, 4.69) is 5.32 Å². The first-order valence-electron chi connectivity index (χ1n) is 6.23. The van der Waals surface area contributed by atoms with Gasteiger partial charge in [0.15, 0.2) is 17.5 Å². The van der Waals surface area contributed by atoms with Crippen LogP contribution in [0.15, 0.2) is 30.3 Å². The molecule has 0 fully saturated rings. The maximum atomic E-state index is 13.2. The molecule has 2 aromatic rings. The molecule has 0 atom stereocenters. The highest BCUT2D eigenvalue weighted by atomic mass is 35.5. The first-order valence-corrected chi connectivity index (χ1v) is 6.60. The summed E-state index contributed by atoms with van der Waals surface area (Å²) in [5.74, 6) is -5.25. The van der Waals surface area contributed by atoms with E-state index < -0.39 is 23.4 Å². The van der Waals surface area contributed by atoms with Crippen LogP contribution in [0.4, 0.5) is 24.5 Å². The number of para-hydroxylation sites is 1. The van der Waals surface area contributed by atoms with Gasteiger partial charge in [-0.05, 0) is 24.3 Å². The van der Waals surface area contributed by atoms with Crippen LogP contribution in [0.2, 0.25) is 5.02 Å². The van der Waals surface area contributed by atoms with Gasteiger partial charge in [0.2, 0.25) is 0 Å². The summed E-state index contributed by atoms with van der Waals surface area (Å²) in [6.07, 6.45) is 0. The molecule has 0 aromatic heterocycles. The smallest absolute Gasteiger partial charge is 0.255 e. The topological polar surface area (TPSA) is 32.3 Å². The van der Waals surface area contributed by atoms with Crippen molar-refractivity contribution < 1.29 is 18.0 Å². The number of rotatable bonds is 3. The van der Waals surface area contributed by atoms with E-state index in [4.69, 9.17) is 11.6 Å². The fraction of sp³-hybridized carbons (Fsp3) is 0.133. The van der Waals surface area contributed by atoms with Gasteiger partial charge in [-0.2, -0.15) is 0 Å². The first kappa shape index (κ1) is 16.2. The third-order valence-corrected chi connectivity index (χ3v) is 3.23. The minimum absolute atomic E-state index is 0.332. The summed E-state index contributed by atoms with van der Waals surface area (Å²) < 4.78 is 39.3. The van der Waals surface area contributed by atoms with Gasteiger partial charge in [0.05, 0.1) is 16.4 Å². The summed E-state index contributed by atoms with van der Waals surface area (Å²) in [4.78, 5) is 13.8. The number of nitrogens with zero attached hydrogens (tertiary/aromatic N) is 1. The average molecular weight is 329 g/mol. The van der Waals surface area contributed by atoms with E-state index in [0.717, 1.165) is 0 Å². The van der Waals surface area contributed by atoms with Crippen LogP contribution in [-0.2, 0) is 0 Å². The van der Waals surface area contributed by atoms with Crippen molar-refractivity contribution in [1.29, 1.82) is 0 Å². The number of amides is 1. The molecule has 7 heteroatoms. The van der Waals surface area contributed by atoms with Crippen molar-refractivity contribution in [3.63, 3.8) is 0 Å². The van der Waals surface area contributed by atoms with Crippen LogP contribution < -0.4 is 10.2 Å². The lowest BCUT2D eigenvalue weighted by atomic mass is 10.1. The van der Waals surface area contributed by atoms with Crippen LogP contribution in [0.25, 0.3) is 0 Å². The van der Waals surface area contributed by atoms with E-state index in [0.29, 0.717) is 28.5 Å². The van der Waals surface area contributed by atoms with Gasteiger partial charge in [-0.25, -0.2) is 13.2 Å². The second kappa shape index (κ2) is 6.27. The summed E-state index contributed by atoms with van der Waals surface area (Å²) in [6.45, 7) is 0. The maximum Gasteiger partial charge on any atom is 0.255 e. The second-order valence-corrected chi connectivity index (χ2v) is 5.15. The van der Waals surface area contributed by atoms with E-state index in [1.165, 1.54) is 0 Å². The molecular weight excluding hydrogens is 317 g/mol. The molecule has 2 rings (SSSR count). The molecule has 0 unspecified atom stereocenters. The van der Waals surface area contributed by atoms with Crippen LogP contribution in [0.1, 0.15) is 10.4 Å². The Bertz CT molecular complexity index is 712. The van der Waals surface area contributed by atoms with Crippen molar-refractivity contribution in [2.75, 3.05) is 24.3 Å². The number of anilines is 2. The number of benzene rings is 2. The molecule has 2 aromatic carbocycles. The maximum absolute atomic E-state index is 13.2. The van der Waals surface area contributed by atoms with Gasteiger partial charge in [-0.3, -0.25) is 4.79 Å². The van der Waals surface area contributed by atoms with E-state index in [9.17, 15) is 18.0 Å². The van der Waals surface area contributed by atoms with Gasteiger partial charge in [0.25, 0.3) is 5.91 Å². The largest absolute Gasteiger partial charge is 0.375 e. The van der Waals surface area contributed by atoms with Gasteiger partial charge < -0.3 is 10.2 Å². The molecule has 0 aliphatic heterocycles. The minimum Gasteiger partial charge on any atom is -0.375 e. The third-order valence-electron chi connectivity index (χ3n) is 2.93. The molecule has 0 bridgehead atoms. The van der Waals surface area contributed by atoms with Crippen molar-refractivity contribution in [1.82, 2.24) is 0 Å². The van der Waals surface area contributed by atoms with E-state index in [1.807, 2.05) is 0 Å². The molecule has 0 heterocycles. The van der Waals surface area contributed by atoms with Gasteiger partial charge in [0, 0.05) is 19.7 Å². The van der Waals surface area contributed by atoms with Crippen molar-refractivity contribution in [2.24, 2.45) is 0 Å². The summed E-state index contributed by atoms with van der Waals surface area (Å²) in [5, 5.41) is 2.90. The van der Waals surface area contributed by atoms with Gasteiger partial charge in [-0.15, -0.1) is 0 Å². The van der Waals surface area contributed by atoms with Crippen molar-refractivity contribution in [3.05, 3.63) is 58.4 Å². The molecule has 1 amide bonds. The Morgan fingerprint density at radius 3 is 2.27 bits per heavy atom. The van der Waals surface area contributed by atoms with Crippen LogP contribution in [-0.4, -0.2) is 20.0 Å². The molecule has 0 aliphatic rings. The highest BCUT2D eigenvalue weighted by Gasteiger charge is 2.17. The number of hydrogen-bond donors (Lipinski definition) is 1. The first-order chi connectivity index (χ1) is 10.3. The predicted octanol–water partition coefficient (Wildman–Crippen LogP) is 4.08. The Labute approximate surface area is 130 Å². The third kappa shape index (κ3) is 3.17. The monoisotopic (exact) mass is 328 g/mol. The van der Waals surface area contributed by atoms with Crippen molar-refractivity contribution in [2.45, 2.75) is 0 Å². The van der Waals surface area contributed by atoms with E-state index >= 15 is 0 Å². The Hall–Kier alpha value is -2.21. The lowest BCUT2D eigenvalue weighted by Gasteiger charge is -2.19. The predicted molar refractivity (Wildman–Crippen MR) is 80.0 cm³/mol. The van der Waals surface area contributed by atoms with Gasteiger partial charge in [0.1, 0.15) is 0 Å². The number of nitrogens with one attached hydrogen (secondary N) is 1. The molecule has 3 nitrogen and oxygen atoms in total. The number of carbonyl (C=O) groups is 1. The Kier molecular flexibility index (Phi) is 4.61. The van der Waals surface area contributed by atoms with E-state index in [1.54, 1.807) is 37.2 Å². The summed E-state index contributed by atoms with van der Waals surface area (Å²) in [7, 11) is 3.46. The lowest BCUT2D eigenvalue weighted by molar-refractivity contribution is 0.102. The van der Waals surface area contributed by atoms with Gasteiger partial charge >= 0.3 is 0 Å². The summed E-state index contributed by atoms with van der Waals surface area (Å²) in [5.41, 5.74) is 0.578. The standard InChI is InChI=1S/C15H12ClF3N2O/c1-21(2)14-9(16)4-3-5-12(14)20-15(22)8-6-10(17)13(19)11(18)7-8/h3-7H,1-2H3,(H,20,22). The fourth-order valence-corrected chi connectivity index (χ4v) is 2.30. The SMILES string of the molecule is CN(C)c1c(Cl)cccc1NC(=O)c1cc(F)c(F)c(F)c1. The molecule has 0 saturated carbocycles. The lowest BCUT2D eigenvalue weighted by Crippen LogP contribution is -2.17. The molecule has 0 aliphatic carbocycles. The highest BCUT2D eigenvalue weighted by Crippen LogP contribution is 2.32. The molecule has 0 spiro atoms. The molecule has 1 N–H and O–H groups in total. The Morgan fingerprint density at radius 1 is 1.14 bits per heavy atom. The number of carbonyl (C=O) groups excluding carboxylic acids is 1. The second-order valence-electron chi connectivity index (χ2n) is 4.74. The van der Waals surface area contributed by atoms with Crippen LogP contribution in [0, 0.1) is 17.5 Å². The zero-order valence-electron chi connectivity index (χ0n) is 11.8. The van der Waals surface area contributed by atoms with Gasteiger partial charge in [-0.1, -0.05) is 17.7 Å². The zero-order chi connectivity index (χ0) is 16.4. The van der Waals surface area contributed by atoms with E-state index in [-0.39, 0.29) is 5.56 Å². The number of hydrogen-bond acceptors (Lipinski definition) is 2. The Morgan fingerprint density at radius 2 is 1.73 bits per heavy atom. The minimum atomic E-state index is -1.62. The van der Waals surface area contributed by atoms with Crippen LogP contribution >= 0.6 is 11.6 Å². The summed E-state index contributed by atoms with van der Waals surface area (Å²) in [6, 6.07) is 6.12. The fourth-order valence-electron chi connectivity index (χ4n) is 1.95. The normalized spacial score (nSPS) is 10.5. The van der Waals surface area contributed by atoms with Crippen molar-refractivity contribution >= 4 is 28.9 Å². The van der Waals surface area contributed by atoms with Crippen LogP contribution in [0.5, 0.6) is 0 Å². The van der Waals surface area contributed by atoms with Crippen molar-refractivity contribution in [3.8, 4) is 0 Å². The molecule has 0 radical (unpaired) electrons. The Balaban J connectivity index is 2.36. The summed E-state index contributed by atoms with van der Waals surface area (Å²) >= 11 is 6.06. The number of halogens is 4. The quantitative estimate of drug-likeness (QED) is 0.861. The molecular formula is C15H12ClF3N2O. The average Bonchev–Trinajstić information content (AvgIpc) is 2.43. The molecule has 22 heavy (non-hydrogen) atoms. The van der Waals surface area contributed by atoms with Crippen LogP contribution in [0.3, 0.4) is 0 Å². The highest BCUT2D eigenvalue weighted by molar-refractivity contribution is 6.34. The molecule has 116 valence electrons. The zero-order valence-corrected chi connectivity index (χ0v) is 12.5.